The minimum absolute atomic E-state index is 0.0638. The minimum atomic E-state index is -0.608. The highest BCUT2D eigenvalue weighted by atomic mass is 16.5. The number of imide groups is 1. The van der Waals surface area contributed by atoms with Gasteiger partial charge in [-0.25, -0.2) is 0 Å². The van der Waals surface area contributed by atoms with E-state index >= 15 is 0 Å². The van der Waals surface area contributed by atoms with Crippen molar-refractivity contribution < 1.29 is 28.5 Å². The summed E-state index contributed by atoms with van der Waals surface area (Å²) in [6.07, 6.45) is 3.65. The Hall–Kier alpha value is -4.51. The number of nitrogens with zero attached hydrogens (tertiary/aromatic N) is 2. The normalized spacial score (nSPS) is 14.5. The molecule has 0 saturated carbocycles. The maximum absolute atomic E-state index is 13.4. The Balaban J connectivity index is 1.92. The second kappa shape index (κ2) is 11.8. The van der Waals surface area contributed by atoms with Gasteiger partial charge in [0.15, 0.2) is 23.0 Å². The zero-order chi connectivity index (χ0) is 26.2. The van der Waals surface area contributed by atoms with Crippen LogP contribution in [-0.4, -0.2) is 51.2 Å². The maximum atomic E-state index is 13.4. The minimum Gasteiger partial charge on any atom is -0.493 e. The molecule has 0 unspecified atom stereocenters. The first-order chi connectivity index (χ1) is 17.4. The molecule has 0 bridgehead atoms. The molecule has 36 heavy (non-hydrogen) atoms. The molecular formula is C28H28N2O6. The van der Waals surface area contributed by atoms with E-state index < -0.39 is 11.8 Å². The van der Waals surface area contributed by atoms with Gasteiger partial charge in [0.2, 0.25) is 0 Å². The summed E-state index contributed by atoms with van der Waals surface area (Å²) in [4.78, 5) is 27.5. The Bertz CT molecular complexity index is 1290. The number of rotatable bonds is 10. The van der Waals surface area contributed by atoms with Crippen molar-refractivity contribution in [3.8, 4) is 29.1 Å². The van der Waals surface area contributed by atoms with Crippen molar-refractivity contribution in [3.05, 3.63) is 76.9 Å². The first kappa shape index (κ1) is 26.1. The van der Waals surface area contributed by atoms with Gasteiger partial charge in [-0.15, -0.1) is 0 Å². The molecule has 8 heteroatoms. The first-order valence-electron chi connectivity index (χ1n) is 11.2. The van der Waals surface area contributed by atoms with Gasteiger partial charge >= 0.3 is 0 Å². The SMILES string of the molecule is C=CCOc1ccc(/C=C2/C(=O)N(CCc3ccc(OC)c(OC)c3)C(=O)C(C#N)=C2C)cc1OC. The van der Waals surface area contributed by atoms with Gasteiger partial charge in [-0.3, -0.25) is 14.5 Å². The molecule has 0 N–H and O–H groups in total. The highest BCUT2D eigenvalue weighted by molar-refractivity contribution is 6.19. The fourth-order valence-corrected chi connectivity index (χ4v) is 3.82. The van der Waals surface area contributed by atoms with Crippen LogP contribution in [0.5, 0.6) is 23.0 Å². The number of hydrogen-bond donors (Lipinski definition) is 0. The number of carbonyl (C=O) groups is 2. The lowest BCUT2D eigenvalue weighted by Gasteiger charge is -2.27. The molecule has 1 aliphatic heterocycles. The summed E-state index contributed by atoms with van der Waals surface area (Å²) in [5, 5.41) is 9.66. The summed E-state index contributed by atoms with van der Waals surface area (Å²) in [7, 11) is 4.61. The standard InChI is InChI=1S/C28H28N2O6/c1-6-13-36-24-10-8-20(16-26(24)35-5)14-21-18(2)22(17-29)28(32)30(27(21)31)12-11-19-7-9-23(33-3)25(15-19)34-4/h6-10,14-16H,1,11-13H2,2-5H3/b21-14+. The molecule has 0 radical (unpaired) electrons. The second-order valence-corrected chi connectivity index (χ2v) is 7.88. The van der Waals surface area contributed by atoms with Crippen molar-refractivity contribution in [2.45, 2.75) is 13.3 Å². The zero-order valence-corrected chi connectivity index (χ0v) is 20.8. The lowest BCUT2D eigenvalue weighted by molar-refractivity contribution is -0.140. The van der Waals surface area contributed by atoms with Crippen LogP contribution in [-0.2, 0) is 16.0 Å². The molecule has 2 aromatic carbocycles. The van der Waals surface area contributed by atoms with Crippen LogP contribution in [0.3, 0.4) is 0 Å². The van der Waals surface area contributed by atoms with Crippen LogP contribution in [0.25, 0.3) is 6.08 Å². The number of carbonyl (C=O) groups excluding carboxylic acids is 2. The number of amides is 2. The van der Waals surface area contributed by atoms with E-state index in [1.54, 1.807) is 56.5 Å². The molecule has 1 heterocycles. The number of nitriles is 1. The number of ether oxygens (including phenoxy) is 4. The lowest BCUT2D eigenvalue weighted by Crippen LogP contribution is -2.43. The summed E-state index contributed by atoms with van der Waals surface area (Å²) in [5.74, 6) is 1.07. The van der Waals surface area contributed by atoms with Crippen LogP contribution in [0.4, 0.5) is 0 Å². The zero-order valence-electron chi connectivity index (χ0n) is 20.8. The van der Waals surface area contributed by atoms with E-state index in [9.17, 15) is 14.9 Å². The third kappa shape index (κ3) is 5.41. The van der Waals surface area contributed by atoms with Crippen LogP contribution in [0.1, 0.15) is 18.1 Å². The van der Waals surface area contributed by atoms with Gasteiger partial charge in [-0.2, -0.15) is 5.26 Å². The molecule has 1 aliphatic rings. The predicted molar refractivity (Wildman–Crippen MR) is 135 cm³/mol. The number of hydrogen-bond acceptors (Lipinski definition) is 7. The third-order valence-electron chi connectivity index (χ3n) is 5.75. The molecular weight excluding hydrogens is 460 g/mol. The first-order valence-corrected chi connectivity index (χ1v) is 11.2. The van der Waals surface area contributed by atoms with Crippen LogP contribution in [0.2, 0.25) is 0 Å². The molecule has 0 aliphatic carbocycles. The Morgan fingerprint density at radius 2 is 1.61 bits per heavy atom. The van der Waals surface area contributed by atoms with Crippen LogP contribution < -0.4 is 18.9 Å². The Kier molecular flexibility index (Phi) is 8.52. The molecule has 186 valence electrons. The van der Waals surface area contributed by atoms with Gasteiger partial charge in [-0.05, 0) is 60.4 Å². The Labute approximate surface area is 210 Å². The van der Waals surface area contributed by atoms with E-state index in [-0.39, 0.29) is 17.7 Å². The highest BCUT2D eigenvalue weighted by Gasteiger charge is 2.35. The number of benzene rings is 2. The van der Waals surface area contributed by atoms with Crippen LogP contribution in [0.15, 0.2) is 65.8 Å². The highest BCUT2D eigenvalue weighted by Crippen LogP contribution is 2.32. The van der Waals surface area contributed by atoms with Crippen molar-refractivity contribution in [1.82, 2.24) is 4.90 Å². The average Bonchev–Trinajstić information content (AvgIpc) is 2.90. The van der Waals surface area contributed by atoms with E-state index in [2.05, 4.69) is 6.58 Å². The van der Waals surface area contributed by atoms with Gasteiger partial charge in [0, 0.05) is 12.1 Å². The molecule has 2 aromatic rings. The quantitative estimate of drug-likeness (QED) is 0.282. The second-order valence-electron chi connectivity index (χ2n) is 7.88. The lowest BCUT2D eigenvalue weighted by atomic mass is 9.93. The molecule has 0 atom stereocenters. The van der Waals surface area contributed by atoms with E-state index in [1.165, 1.54) is 14.2 Å². The Morgan fingerprint density at radius 1 is 0.944 bits per heavy atom. The fraction of sp³-hybridized carbons (Fsp3) is 0.250. The molecule has 0 aromatic heterocycles. The van der Waals surface area contributed by atoms with Gasteiger partial charge in [0.1, 0.15) is 18.2 Å². The van der Waals surface area contributed by atoms with Crippen molar-refractivity contribution in [1.29, 1.82) is 5.26 Å². The van der Waals surface area contributed by atoms with E-state index in [4.69, 9.17) is 18.9 Å². The summed E-state index contributed by atoms with van der Waals surface area (Å²) in [6.45, 7) is 5.65. The largest absolute Gasteiger partial charge is 0.493 e. The van der Waals surface area contributed by atoms with E-state index in [1.807, 2.05) is 12.1 Å². The molecule has 0 spiro atoms. The molecule has 0 saturated heterocycles. The van der Waals surface area contributed by atoms with Crippen molar-refractivity contribution >= 4 is 17.9 Å². The summed E-state index contributed by atoms with van der Waals surface area (Å²) in [5.41, 5.74) is 2.04. The molecule has 8 nitrogen and oxygen atoms in total. The molecule has 3 rings (SSSR count). The van der Waals surface area contributed by atoms with Gasteiger partial charge in [0.05, 0.1) is 21.3 Å². The average molecular weight is 489 g/mol. The molecule has 2 amide bonds. The monoisotopic (exact) mass is 488 g/mol. The summed E-state index contributed by atoms with van der Waals surface area (Å²) in [6, 6.07) is 12.6. The van der Waals surface area contributed by atoms with Crippen molar-refractivity contribution in [2.75, 3.05) is 34.5 Å². The van der Waals surface area contributed by atoms with Gasteiger partial charge < -0.3 is 18.9 Å². The number of methoxy groups -OCH3 is 3. The summed E-state index contributed by atoms with van der Waals surface area (Å²) >= 11 is 0. The smallest absolute Gasteiger partial charge is 0.271 e. The third-order valence-corrected chi connectivity index (χ3v) is 5.75. The van der Waals surface area contributed by atoms with Crippen LogP contribution in [0, 0.1) is 11.3 Å². The van der Waals surface area contributed by atoms with Crippen molar-refractivity contribution in [2.24, 2.45) is 0 Å². The van der Waals surface area contributed by atoms with E-state index in [0.29, 0.717) is 47.2 Å². The van der Waals surface area contributed by atoms with Gasteiger partial charge in [-0.1, -0.05) is 24.8 Å². The Morgan fingerprint density at radius 3 is 2.25 bits per heavy atom. The maximum Gasteiger partial charge on any atom is 0.271 e. The van der Waals surface area contributed by atoms with Gasteiger partial charge in [0.25, 0.3) is 11.8 Å². The van der Waals surface area contributed by atoms with Crippen molar-refractivity contribution in [3.63, 3.8) is 0 Å². The predicted octanol–water partition coefficient (Wildman–Crippen LogP) is 4.11. The van der Waals surface area contributed by atoms with E-state index in [0.717, 1.165) is 10.5 Å². The molecule has 0 fully saturated rings. The topological polar surface area (TPSA) is 98.1 Å². The summed E-state index contributed by atoms with van der Waals surface area (Å²) < 4.78 is 21.6. The fourth-order valence-electron chi connectivity index (χ4n) is 3.82. The van der Waals surface area contributed by atoms with Crippen LogP contribution >= 0.6 is 0 Å².